The van der Waals surface area contributed by atoms with Crippen LogP contribution in [0.1, 0.15) is 5.69 Å². The minimum absolute atomic E-state index is 0.0616. The average molecular weight is 425 g/mol. The number of halogens is 1. The third-order valence-corrected chi connectivity index (χ3v) is 4.96. The number of anilines is 1. The van der Waals surface area contributed by atoms with Gasteiger partial charge in [-0.3, -0.25) is 4.79 Å². The van der Waals surface area contributed by atoms with E-state index in [2.05, 4.69) is 25.9 Å². The lowest BCUT2D eigenvalue weighted by atomic mass is 10.3. The van der Waals surface area contributed by atoms with Crippen LogP contribution in [0.25, 0.3) is 11.4 Å². The number of phenols is 1. The molecular formula is C19H16FN7O2S. The summed E-state index contributed by atoms with van der Waals surface area (Å²) in [5.41, 5.74) is 1.99. The molecule has 152 valence electrons. The van der Waals surface area contributed by atoms with E-state index in [1.165, 1.54) is 33.6 Å². The molecule has 0 aliphatic heterocycles. The number of carbonyl (C=O) groups is 1. The van der Waals surface area contributed by atoms with E-state index in [0.717, 1.165) is 11.8 Å². The van der Waals surface area contributed by atoms with E-state index in [9.17, 15) is 14.3 Å². The summed E-state index contributed by atoms with van der Waals surface area (Å²) >= 11 is 1.16. The molecule has 0 fully saturated rings. The first-order chi connectivity index (χ1) is 14.5. The van der Waals surface area contributed by atoms with Crippen molar-refractivity contribution in [2.75, 3.05) is 11.1 Å². The Kier molecular flexibility index (Phi) is 5.44. The van der Waals surface area contributed by atoms with Gasteiger partial charge in [0.1, 0.15) is 17.4 Å². The predicted molar refractivity (Wildman–Crippen MR) is 108 cm³/mol. The number of tetrazole rings is 1. The maximum absolute atomic E-state index is 13.2. The van der Waals surface area contributed by atoms with Crippen molar-refractivity contribution in [1.29, 1.82) is 0 Å². The Morgan fingerprint density at radius 3 is 2.50 bits per heavy atom. The van der Waals surface area contributed by atoms with Crippen LogP contribution in [-0.2, 0) is 4.79 Å². The van der Waals surface area contributed by atoms with E-state index in [0.29, 0.717) is 28.0 Å². The summed E-state index contributed by atoms with van der Waals surface area (Å²) in [6.07, 6.45) is 0. The van der Waals surface area contributed by atoms with Gasteiger partial charge in [0.15, 0.2) is 0 Å². The molecule has 2 heterocycles. The summed E-state index contributed by atoms with van der Waals surface area (Å²) < 4.78 is 16.2. The molecule has 30 heavy (non-hydrogen) atoms. The SMILES string of the molecule is Cc1cc(NC(=O)CSc2nnnn2-c2ccc(O)cc2)n(-c2ccc(F)cc2)n1. The molecule has 0 aliphatic carbocycles. The van der Waals surface area contributed by atoms with Gasteiger partial charge in [0.05, 0.1) is 22.8 Å². The zero-order chi connectivity index (χ0) is 21.1. The van der Waals surface area contributed by atoms with Gasteiger partial charge in [-0.25, -0.2) is 9.07 Å². The summed E-state index contributed by atoms with van der Waals surface area (Å²) in [4.78, 5) is 12.5. The smallest absolute Gasteiger partial charge is 0.236 e. The number of carbonyl (C=O) groups excluding carboxylic acids is 1. The topological polar surface area (TPSA) is 111 Å². The zero-order valence-electron chi connectivity index (χ0n) is 15.7. The fraction of sp³-hybridized carbons (Fsp3) is 0.105. The second-order valence-electron chi connectivity index (χ2n) is 6.29. The Balaban J connectivity index is 1.45. The van der Waals surface area contributed by atoms with Gasteiger partial charge in [-0.15, -0.1) is 5.10 Å². The molecule has 4 rings (SSSR count). The van der Waals surface area contributed by atoms with Gasteiger partial charge in [-0.2, -0.15) is 9.78 Å². The van der Waals surface area contributed by atoms with Crippen molar-refractivity contribution in [1.82, 2.24) is 30.0 Å². The summed E-state index contributed by atoms with van der Waals surface area (Å²) in [6.45, 7) is 1.80. The lowest BCUT2D eigenvalue weighted by molar-refractivity contribution is -0.113. The molecule has 9 nitrogen and oxygen atoms in total. The second kappa shape index (κ2) is 8.33. The summed E-state index contributed by atoms with van der Waals surface area (Å²) in [5.74, 6) is 0.0438. The zero-order valence-corrected chi connectivity index (χ0v) is 16.5. The van der Waals surface area contributed by atoms with Gasteiger partial charge in [0.25, 0.3) is 0 Å². The average Bonchev–Trinajstić information content (AvgIpc) is 3.34. The molecule has 2 aromatic heterocycles. The van der Waals surface area contributed by atoms with Crippen LogP contribution >= 0.6 is 11.8 Å². The van der Waals surface area contributed by atoms with Crippen molar-refractivity contribution in [3.05, 3.63) is 66.1 Å². The summed E-state index contributed by atoms with van der Waals surface area (Å²) in [7, 11) is 0. The normalized spacial score (nSPS) is 10.9. The van der Waals surface area contributed by atoms with Crippen LogP contribution in [0.5, 0.6) is 5.75 Å². The van der Waals surface area contributed by atoms with Crippen LogP contribution in [-0.4, -0.2) is 46.8 Å². The number of hydrogen-bond donors (Lipinski definition) is 2. The third kappa shape index (κ3) is 4.30. The number of phenolic OH excluding ortho intramolecular Hbond substituents is 1. The van der Waals surface area contributed by atoms with Crippen molar-refractivity contribution in [3.8, 4) is 17.1 Å². The Morgan fingerprint density at radius 1 is 1.10 bits per heavy atom. The molecule has 0 saturated carbocycles. The number of rotatable bonds is 6. The molecule has 0 atom stereocenters. The van der Waals surface area contributed by atoms with Crippen LogP contribution < -0.4 is 5.32 Å². The second-order valence-corrected chi connectivity index (χ2v) is 7.23. The molecule has 0 bridgehead atoms. The van der Waals surface area contributed by atoms with Crippen LogP contribution in [0.3, 0.4) is 0 Å². The minimum atomic E-state index is -0.351. The van der Waals surface area contributed by atoms with Crippen LogP contribution in [0.2, 0.25) is 0 Å². The van der Waals surface area contributed by atoms with E-state index < -0.39 is 0 Å². The number of aryl methyl sites for hydroxylation is 1. The molecule has 11 heteroatoms. The van der Waals surface area contributed by atoms with E-state index in [-0.39, 0.29) is 23.2 Å². The highest BCUT2D eigenvalue weighted by molar-refractivity contribution is 7.99. The van der Waals surface area contributed by atoms with Crippen LogP contribution in [0.15, 0.2) is 59.8 Å². The first-order valence-electron chi connectivity index (χ1n) is 8.82. The van der Waals surface area contributed by atoms with Crippen LogP contribution in [0.4, 0.5) is 10.2 Å². The number of aromatic nitrogens is 6. The monoisotopic (exact) mass is 425 g/mol. The highest BCUT2D eigenvalue weighted by atomic mass is 32.2. The van der Waals surface area contributed by atoms with Crippen LogP contribution in [0, 0.1) is 12.7 Å². The Bertz CT molecular complexity index is 1170. The minimum Gasteiger partial charge on any atom is -0.508 e. The number of aromatic hydroxyl groups is 1. The molecule has 0 saturated heterocycles. The van der Waals surface area contributed by atoms with E-state index in [4.69, 9.17) is 0 Å². The van der Waals surface area contributed by atoms with Gasteiger partial charge in [-0.05, 0) is 65.9 Å². The molecule has 1 amide bonds. The fourth-order valence-electron chi connectivity index (χ4n) is 2.70. The van der Waals surface area contributed by atoms with E-state index >= 15 is 0 Å². The first-order valence-corrected chi connectivity index (χ1v) is 9.81. The van der Waals surface area contributed by atoms with Gasteiger partial charge < -0.3 is 10.4 Å². The van der Waals surface area contributed by atoms with Gasteiger partial charge >= 0.3 is 0 Å². The number of benzene rings is 2. The quantitative estimate of drug-likeness (QED) is 0.457. The van der Waals surface area contributed by atoms with Gasteiger partial charge in [-0.1, -0.05) is 11.8 Å². The standard InChI is InChI=1S/C19H16FN7O2S/c1-12-10-17(26(23-12)14-4-2-13(20)3-5-14)21-18(29)11-30-19-22-24-25-27(19)15-6-8-16(28)9-7-15/h2-10,28H,11H2,1H3,(H,21,29). The molecule has 0 unspecified atom stereocenters. The molecule has 4 aromatic rings. The maximum atomic E-state index is 13.2. The number of nitrogens with zero attached hydrogens (tertiary/aromatic N) is 6. The Labute approximate surface area is 174 Å². The van der Waals surface area contributed by atoms with Crippen molar-refractivity contribution < 1.29 is 14.3 Å². The number of thioether (sulfide) groups is 1. The molecule has 2 aromatic carbocycles. The highest BCUT2D eigenvalue weighted by Gasteiger charge is 2.14. The van der Waals surface area contributed by atoms with Gasteiger partial charge in [0, 0.05) is 6.07 Å². The van der Waals surface area contributed by atoms with E-state index in [1.54, 1.807) is 37.3 Å². The van der Waals surface area contributed by atoms with Crippen molar-refractivity contribution in [3.63, 3.8) is 0 Å². The number of amides is 1. The predicted octanol–water partition coefficient (Wildman–Crippen LogP) is 2.73. The molecule has 0 aliphatic rings. The molecule has 2 N–H and O–H groups in total. The third-order valence-electron chi connectivity index (χ3n) is 4.04. The fourth-order valence-corrected chi connectivity index (χ4v) is 3.39. The molecular weight excluding hydrogens is 409 g/mol. The Morgan fingerprint density at radius 2 is 1.77 bits per heavy atom. The molecule has 0 radical (unpaired) electrons. The van der Waals surface area contributed by atoms with E-state index in [1.807, 2.05) is 0 Å². The van der Waals surface area contributed by atoms with Crippen molar-refractivity contribution >= 4 is 23.5 Å². The number of hydrogen-bond acceptors (Lipinski definition) is 7. The largest absolute Gasteiger partial charge is 0.508 e. The van der Waals surface area contributed by atoms with Crippen molar-refractivity contribution in [2.45, 2.75) is 12.1 Å². The Hall–Kier alpha value is -3.73. The molecule has 0 spiro atoms. The summed E-state index contributed by atoms with van der Waals surface area (Å²) in [5, 5.41) is 28.5. The maximum Gasteiger partial charge on any atom is 0.236 e. The highest BCUT2D eigenvalue weighted by Crippen LogP contribution is 2.21. The number of nitrogens with one attached hydrogen (secondary N) is 1. The lowest BCUT2D eigenvalue weighted by Crippen LogP contribution is -2.17. The lowest BCUT2D eigenvalue weighted by Gasteiger charge is -2.09. The summed E-state index contributed by atoms with van der Waals surface area (Å²) in [6, 6.07) is 13.9. The van der Waals surface area contributed by atoms with Crippen molar-refractivity contribution in [2.24, 2.45) is 0 Å². The first kappa shape index (κ1) is 19.6. The van der Waals surface area contributed by atoms with Gasteiger partial charge in [0.2, 0.25) is 11.1 Å².